The third-order valence-corrected chi connectivity index (χ3v) is 3.45. The van der Waals surface area contributed by atoms with E-state index in [1.807, 2.05) is 30.3 Å². The fourth-order valence-electron chi connectivity index (χ4n) is 2.45. The van der Waals surface area contributed by atoms with E-state index in [0.29, 0.717) is 0 Å². The molecule has 1 atom stereocenters. The Bertz CT molecular complexity index is 328. The van der Waals surface area contributed by atoms with Crippen LogP contribution in [0.5, 0.6) is 5.75 Å². The highest BCUT2D eigenvalue weighted by Crippen LogP contribution is 2.11. The molecule has 0 aliphatic carbocycles. The van der Waals surface area contributed by atoms with Crippen LogP contribution in [0.4, 0.5) is 0 Å². The normalized spacial score (nSPS) is 18.9. The molecule has 1 fully saturated rings. The van der Waals surface area contributed by atoms with E-state index in [4.69, 9.17) is 4.74 Å². The van der Waals surface area contributed by atoms with Gasteiger partial charge in [0, 0.05) is 13.1 Å². The molecule has 19 heavy (non-hydrogen) atoms. The summed E-state index contributed by atoms with van der Waals surface area (Å²) in [7, 11) is 2.18. The summed E-state index contributed by atoms with van der Waals surface area (Å²) in [6.45, 7) is 5.29. The Kier molecular flexibility index (Phi) is 7.87. The molecule has 3 nitrogen and oxygen atoms in total. The van der Waals surface area contributed by atoms with Gasteiger partial charge < -0.3 is 15.0 Å². The summed E-state index contributed by atoms with van der Waals surface area (Å²) in [6, 6.07) is 10.0. The Balaban J connectivity index is 0.00000180. The van der Waals surface area contributed by atoms with Gasteiger partial charge in [-0.1, -0.05) is 18.2 Å². The lowest BCUT2D eigenvalue weighted by molar-refractivity contribution is 0.201. The Morgan fingerprint density at radius 1 is 1.32 bits per heavy atom. The Morgan fingerprint density at radius 3 is 2.79 bits per heavy atom. The quantitative estimate of drug-likeness (QED) is 0.868. The molecule has 0 radical (unpaired) electrons. The largest absolute Gasteiger partial charge is 0.492 e. The molecule has 1 heterocycles. The molecule has 2 rings (SSSR count). The van der Waals surface area contributed by atoms with E-state index in [9.17, 15) is 0 Å². The van der Waals surface area contributed by atoms with Crippen molar-refractivity contribution in [1.82, 2.24) is 10.2 Å². The van der Waals surface area contributed by atoms with E-state index < -0.39 is 0 Å². The summed E-state index contributed by atoms with van der Waals surface area (Å²) >= 11 is 0. The van der Waals surface area contributed by atoms with Crippen LogP contribution in [-0.4, -0.2) is 44.7 Å². The maximum absolute atomic E-state index is 5.71. The third kappa shape index (κ3) is 6.28. The topological polar surface area (TPSA) is 24.5 Å². The molecule has 0 amide bonds. The predicted octanol–water partition coefficient (Wildman–Crippen LogP) is 2.42. The standard InChI is InChI=1S/C15H24N2O.ClH/c1-17(13-14-6-5-9-16-12-14)10-11-18-15-7-3-2-4-8-15;/h2-4,7-8,14,16H,5-6,9-13H2,1H3;1H. The first-order valence-electron chi connectivity index (χ1n) is 6.92. The number of likely N-dealkylation sites (N-methyl/N-ethyl adjacent to an activating group) is 1. The smallest absolute Gasteiger partial charge is 0.119 e. The van der Waals surface area contributed by atoms with Crippen molar-refractivity contribution < 1.29 is 4.74 Å². The minimum Gasteiger partial charge on any atom is -0.492 e. The molecule has 0 spiro atoms. The van der Waals surface area contributed by atoms with Crippen molar-refractivity contribution in [3.05, 3.63) is 30.3 Å². The van der Waals surface area contributed by atoms with Crippen molar-refractivity contribution >= 4 is 12.4 Å². The maximum Gasteiger partial charge on any atom is 0.119 e. The number of ether oxygens (including phenoxy) is 1. The van der Waals surface area contributed by atoms with Crippen molar-refractivity contribution in [3.8, 4) is 5.75 Å². The van der Waals surface area contributed by atoms with Crippen molar-refractivity contribution in [1.29, 1.82) is 0 Å². The van der Waals surface area contributed by atoms with Crippen LogP contribution < -0.4 is 10.1 Å². The van der Waals surface area contributed by atoms with E-state index in [-0.39, 0.29) is 12.4 Å². The van der Waals surface area contributed by atoms with Crippen molar-refractivity contribution in [2.24, 2.45) is 5.92 Å². The first-order chi connectivity index (χ1) is 8.84. The predicted molar refractivity (Wildman–Crippen MR) is 82.3 cm³/mol. The molecule has 1 aromatic carbocycles. The molecule has 108 valence electrons. The van der Waals surface area contributed by atoms with E-state index in [1.54, 1.807) is 0 Å². The second-order valence-electron chi connectivity index (χ2n) is 5.14. The van der Waals surface area contributed by atoms with Crippen LogP contribution in [0.15, 0.2) is 30.3 Å². The van der Waals surface area contributed by atoms with Gasteiger partial charge in [0.2, 0.25) is 0 Å². The molecule has 0 bridgehead atoms. The molecule has 0 saturated carbocycles. The van der Waals surface area contributed by atoms with Gasteiger partial charge in [0.25, 0.3) is 0 Å². The van der Waals surface area contributed by atoms with Gasteiger partial charge in [0.05, 0.1) is 0 Å². The minimum atomic E-state index is 0. The van der Waals surface area contributed by atoms with Crippen molar-refractivity contribution in [2.45, 2.75) is 12.8 Å². The van der Waals surface area contributed by atoms with Gasteiger partial charge in [-0.2, -0.15) is 0 Å². The monoisotopic (exact) mass is 284 g/mol. The van der Waals surface area contributed by atoms with Gasteiger partial charge in [0.15, 0.2) is 0 Å². The molecule has 1 aliphatic heterocycles. The number of hydrogen-bond acceptors (Lipinski definition) is 3. The number of piperidine rings is 1. The van der Waals surface area contributed by atoms with Crippen molar-refractivity contribution in [2.75, 3.05) is 39.8 Å². The molecule has 1 saturated heterocycles. The van der Waals surface area contributed by atoms with Gasteiger partial charge >= 0.3 is 0 Å². The third-order valence-electron chi connectivity index (χ3n) is 3.45. The lowest BCUT2D eigenvalue weighted by Crippen LogP contribution is -2.38. The zero-order valence-corrected chi connectivity index (χ0v) is 12.5. The van der Waals surface area contributed by atoms with Gasteiger partial charge in [-0.25, -0.2) is 0 Å². The van der Waals surface area contributed by atoms with E-state index in [2.05, 4.69) is 17.3 Å². The first kappa shape index (κ1) is 16.3. The number of hydrogen-bond donors (Lipinski definition) is 1. The van der Waals surface area contributed by atoms with Gasteiger partial charge in [-0.3, -0.25) is 0 Å². The lowest BCUT2D eigenvalue weighted by atomic mass is 9.99. The molecule has 1 N–H and O–H groups in total. The van der Waals surface area contributed by atoms with Crippen LogP contribution in [0.1, 0.15) is 12.8 Å². The molecule has 4 heteroatoms. The highest BCUT2D eigenvalue weighted by atomic mass is 35.5. The van der Waals surface area contributed by atoms with E-state index in [0.717, 1.165) is 24.8 Å². The van der Waals surface area contributed by atoms with Crippen molar-refractivity contribution in [3.63, 3.8) is 0 Å². The Labute approximate surface area is 122 Å². The molecule has 1 unspecified atom stereocenters. The number of nitrogens with one attached hydrogen (secondary N) is 1. The summed E-state index contributed by atoms with van der Waals surface area (Å²) in [4.78, 5) is 2.38. The average molecular weight is 285 g/mol. The molecule has 1 aromatic rings. The van der Waals surface area contributed by atoms with Crippen LogP contribution in [0.25, 0.3) is 0 Å². The second kappa shape index (κ2) is 9.18. The Morgan fingerprint density at radius 2 is 2.11 bits per heavy atom. The summed E-state index contributed by atoms with van der Waals surface area (Å²) in [5, 5.41) is 3.46. The molecule has 0 aromatic heterocycles. The number of para-hydroxylation sites is 1. The van der Waals surface area contributed by atoms with Gasteiger partial charge in [0.1, 0.15) is 12.4 Å². The lowest BCUT2D eigenvalue weighted by Gasteiger charge is -2.27. The fraction of sp³-hybridized carbons (Fsp3) is 0.600. The zero-order chi connectivity index (χ0) is 12.6. The summed E-state index contributed by atoms with van der Waals surface area (Å²) in [5.41, 5.74) is 0. The summed E-state index contributed by atoms with van der Waals surface area (Å²) in [6.07, 6.45) is 2.68. The van der Waals surface area contributed by atoms with Gasteiger partial charge in [-0.15, -0.1) is 12.4 Å². The second-order valence-corrected chi connectivity index (χ2v) is 5.14. The average Bonchev–Trinajstić information content (AvgIpc) is 2.41. The summed E-state index contributed by atoms with van der Waals surface area (Å²) < 4.78 is 5.71. The number of nitrogens with zero attached hydrogens (tertiary/aromatic N) is 1. The highest BCUT2D eigenvalue weighted by molar-refractivity contribution is 5.85. The van der Waals surface area contributed by atoms with Crippen LogP contribution in [0, 0.1) is 5.92 Å². The zero-order valence-electron chi connectivity index (χ0n) is 11.7. The van der Waals surface area contributed by atoms with E-state index >= 15 is 0 Å². The number of benzene rings is 1. The maximum atomic E-state index is 5.71. The SMILES string of the molecule is CN(CCOc1ccccc1)CC1CCCNC1.Cl. The van der Waals surface area contributed by atoms with Gasteiger partial charge in [-0.05, 0) is 51.0 Å². The van der Waals surface area contributed by atoms with Crippen LogP contribution >= 0.6 is 12.4 Å². The molecular weight excluding hydrogens is 260 g/mol. The van der Waals surface area contributed by atoms with Crippen LogP contribution in [0.3, 0.4) is 0 Å². The Hall–Kier alpha value is -0.770. The van der Waals surface area contributed by atoms with Crippen LogP contribution in [-0.2, 0) is 0 Å². The van der Waals surface area contributed by atoms with E-state index in [1.165, 1.54) is 32.5 Å². The minimum absolute atomic E-state index is 0. The molecular formula is C15H25ClN2O. The first-order valence-corrected chi connectivity index (χ1v) is 6.92. The van der Waals surface area contributed by atoms with Crippen LogP contribution in [0.2, 0.25) is 0 Å². The number of halogens is 1. The fourth-order valence-corrected chi connectivity index (χ4v) is 2.45. The number of rotatable bonds is 6. The highest BCUT2D eigenvalue weighted by Gasteiger charge is 2.14. The molecule has 1 aliphatic rings. The summed E-state index contributed by atoms with van der Waals surface area (Å²) in [5.74, 6) is 1.77.